The molecule has 0 saturated heterocycles. The molecule has 1 N–H and O–H groups in total. The molecule has 0 aliphatic rings. The summed E-state index contributed by atoms with van der Waals surface area (Å²) in [6, 6.07) is 0. The third kappa shape index (κ3) is 2.93. The van der Waals surface area contributed by atoms with Crippen LogP contribution in [0, 0.1) is 0 Å². The Morgan fingerprint density at radius 1 is 1.69 bits per heavy atom. The molecule has 72 valence electrons. The van der Waals surface area contributed by atoms with Gasteiger partial charge >= 0.3 is 0 Å². The van der Waals surface area contributed by atoms with Crippen molar-refractivity contribution in [3.63, 3.8) is 0 Å². The van der Waals surface area contributed by atoms with Gasteiger partial charge in [-0.3, -0.25) is 9.36 Å². The second-order valence-corrected chi connectivity index (χ2v) is 3.55. The summed E-state index contributed by atoms with van der Waals surface area (Å²) in [5.41, 5.74) is -0.0221. The summed E-state index contributed by atoms with van der Waals surface area (Å²) >= 11 is 3.14. The molecule has 0 atom stereocenters. The number of aromatic nitrogens is 2. The van der Waals surface area contributed by atoms with Gasteiger partial charge in [0.2, 0.25) is 0 Å². The predicted octanol–water partition coefficient (Wildman–Crippen LogP) is 0.615. The van der Waals surface area contributed by atoms with E-state index in [4.69, 9.17) is 0 Å². The van der Waals surface area contributed by atoms with Gasteiger partial charge in [-0.25, -0.2) is 4.98 Å². The Morgan fingerprint density at radius 2 is 2.46 bits per heavy atom. The minimum Gasteiger partial charge on any atom is -0.320 e. The van der Waals surface area contributed by atoms with Gasteiger partial charge in [-0.1, -0.05) is 0 Å². The molecular weight excluding hydrogens is 234 g/mol. The third-order valence-corrected chi connectivity index (χ3v) is 2.23. The predicted molar refractivity (Wildman–Crippen MR) is 54.7 cm³/mol. The molecule has 1 aromatic rings. The number of hydrogen-bond acceptors (Lipinski definition) is 3. The second kappa shape index (κ2) is 5.14. The molecule has 0 aliphatic carbocycles. The molecule has 0 spiro atoms. The van der Waals surface area contributed by atoms with Crippen LogP contribution in [0.1, 0.15) is 6.42 Å². The maximum absolute atomic E-state index is 11.4. The first-order chi connectivity index (χ1) is 6.25. The standard InChI is InChI=1S/C8H12BrN3O/c1-10-3-2-4-12-6-11-5-7(9)8(12)13/h5-6,10H,2-4H2,1H3. The van der Waals surface area contributed by atoms with Crippen LogP contribution in [0.3, 0.4) is 0 Å². The lowest BCUT2D eigenvalue weighted by molar-refractivity contribution is 0.587. The van der Waals surface area contributed by atoms with Gasteiger partial charge in [-0.2, -0.15) is 0 Å². The molecule has 0 radical (unpaired) electrons. The first-order valence-electron chi connectivity index (χ1n) is 4.10. The van der Waals surface area contributed by atoms with Crippen LogP contribution in [-0.4, -0.2) is 23.1 Å². The van der Waals surface area contributed by atoms with Crippen molar-refractivity contribution in [3.8, 4) is 0 Å². The first kappa shape index (κ1) is 10.4. The van der Waals surface area contributed by atoms with E-state index in [-0.39, 0.29) is 5.56 Å². The lowest BCUT2D eigenvalue weighted by Crippen LogP contribution is -2.22. The van der Waals surface area contributed by atoms with Crippen molar-refractivity contribution < 1.29 is 0 Å². The minimum absolute atomic E-state index is 0.0221. The van der Waals surface area contributed by atoms with Gasteiger partial charge in [0.1, 0.15) is 4.47 Å². The van der Waals surface area contributed by atoms with Crippen LogP contribution in [0.25, 0.3) is 0 Å². The molecule has 0 unspecified atom stereocenters. The topological polar surface area (TPSA) is 46.9 Å². The van der Waals surface area contributed by atoms with E-state index < -0.39 is 0 Å². The highest BCUT2D eigenvalue weighted by atomic mass is 79.9. The van der Waals surface area contributed by atoms with E-state index in [1.165, 1.54) is 6.20 Å². The molecule has 0 bridgehead atoms. The monoisotopic (exact) mass is 245 g/mol. The zero-order valence-electron chi connectivity index (χ0n) is 7.46. The smallest absolute Gasteiger partial charge is 0.267 e. The fraction of sp³-hybridized carbons (Fsp3) is 0.500. The van der Waals surface area contributed by atoms with Gasteiger partial charge in [0.15, 0.2) is 0 Å². The van der Waals surface area contributed by atoms with Crippen LogP contribution in [0.5, 0.6) is 0 Å². The van der Waals surface area contributed by atoms with Gasteiger partial charge in [-0.15, -0.1) is 0 Å². The van der Waals surface area contributed by atoms with Gasteiger partial charge in [0.25, 0.3) is 5.56 Å². The van der Waals surface area contributed by atoms with Crippen LogP contribution in [-0.2, 0) is 6.54 Å². The first-order valence-corrected chi connectivity index (χ1v) is 4.89. The molecule has 0 amide bonds. The zero-order chi connectivity index (χ0) is 9.68. The summed E-state index contributed by atoms with van der Waals surface area (Å²) in [6.07, 6.45) is 3.99. The van der Waals surface area contributed by atoms with E-state index in [1.54, 1.807) is 10.9 Å². The van der Waals surface area contributed by atoms with E-state index >= 15 is 0 Å². The highest BCUT2D eigenvalue weighted by molar-refractivity contribution is 9.10. The molecule has 13 heavy (non-hydrogen) atoms. The van der Waals surface area contributed by atoms with Crippen molar-refractivity contribution in [2.75, 3.05) is 13.6 Å². The lowest BCUT2D eigenvalue weighted by Gasteiger charge is -2.03. The van der Waals surface area contributed by atoms with E-state index in [2.05, 4.69) is 26.2 Å². The lowest BCUT2D eigenvalue weighted by atomic mass is 10.4. The van der Waals surface area contributed by atoms with Gasteiger partial charge in [0.05, 0.1) is 6.33 Å². The average Bonchev–Trinajstić information content (AvgIpc) is 2.13. The van der Waals surface area contributed by atoms with Crippen LogP contribution in [0.15, 0.2) is 21.8 Å². The van der Waals surface area contributed by atoms with Crippen molar-refractivity contribution >= 4 is 15.9 Å². The van der Waals surface area contributed by atoms with Crippen molar-refractivity contribution in [3.05, 3.63) is 27.4 Å². The molecule has 0 fully saturated rings. The van der Waals surface area contributed by atoms with Crippen LogP contribution >= 0.6 is 15.9 Å². The van der Waals surface area contributed by atoms with Crippen LogP contribution in [0.2, 0.25) is 0 Å². The molecule has 0 aromatic carbocycles. The fourth-order valence-electron chi connectivity index (χ4n) is 1.01. The Labute approximate surface area is 85.1 Å². The number of hydrogen-bond donors (Lipinski definition) is 1. The van der Waals surface area contributed by atoms with Crippen molar-refractivity contribution in [2.24, 2.45) is 0 Å². The third-order valence-electron chi connectivity index (χ3n) is 1.68. The number of nitrogens with one attached hydrogen (secondary N) is 1. The number of halogens is 1. The van der Waals surface area contributed by atoms with Gasteiger partial charge in [-0.05, 0) is 35.9 Å². The SMILES string of the molecule is CNCCCn1cncc(Br)c1=O. The second-order valence-electron chi connectivity index (χ2n) is 2.70. The van der Waals surface area contributed by atoms with E-state index in [1.807, 2.05) is 7.05 Å². The number of rotatable bonds is 4. The fourth-order valence-corrected chi connectivity index (χ4v) is 1.36. The van der Waals surface area contributed by atoms with Gasteiger partial charge in [0, 0.05) is 12.7 Å². The Kier molecular flexibility index (Phi) is 4.11. The molecule has 1 heterocycles. The van der Waals surface area contributed by atoms with E-state index in [0.29, 0.717) is 11.0 Å². The summed E-state index contributed by atoms with van der Waals surface area (Å²) in [4.78, 5) is 15.3. The summed E-state index contributed by atoms with van der Waals surface area (Å²) < 4.78 is 2.11. The van der Waals surface area contributed by atoms with Crippen LogP contribution in [0.4, 0.5) is 0 Å². The van der Waals surface area contributed by atoms with E-state index in [0.717, 1.165) is 13.0 Å². The van der Waals surface area contributed by atoms with Crippen molar-refractivity contribution in [1.82, 2.24) is 14.9 Å². The normalized spacial score (nSPS) is 10.3. The molecular formula is C8H12BrN3O. The zero-order valence-corrected chi connectivity index (χ0v) is 9.04. The molecule has 1 aromatic heterocycles. The summed E-state index contributed by atoms with van der Waals surface area (Å²) in [5, 5.41) is 3.02. The summed E-state index contributed by atoms with van der Waals surface area (Å²) in [5.74, 6) is 0. The maximum Gasteiger partial charge on any atom is 0.267 e. The minimum atomic E-state index is -0.0221. The largest absolute Gasteiger partial charge is 0.320 e. The molecule has 0 saturated carbocycles. The molecule has 5 heteroatoms. The Morgan fingerprint density at radius 3 is 3.15 bits per heavy atom. The number of aryl methyl sites for hydroxylation is 1. The summed E-state index contributed by atoms with van der Waals surface area (Å²) in [7, 11) is 1.89. The molecule has 1 rings (SSSR count). The molecule has 0 aliphatic heterocycles. The van der Waals surface area contributed by atoms with Crippen LogP contribution < -0.4 is 10.9 Å². The van der Waals surface area contributed by atoms with Gasteiger partial charge < -0.3 is 5.32 Å². The highest BCUT2D eigenvalue weighted by Crippen LogP contribution is 1.98. The number of nitrogens with zero attached hydrogens (tertiary/aromatic N) is 2. The average molecular weight is 246 g/mol. The Bertz CT molecular complexity index is 323. The van der Waals surface area contributed by atoms with Crippen molar-refractivity contribution in [1.29, 1.82) is 0 Å². The van der Waals surface area contributed by atoms with E-state index in [9.17, 15) is 4.79 Å². The Balaban J connectivity index is 2.67. The highest BCUT2D eigenvalue weighted by Gasteiger charge is 1.99. The quantitative estimate of drug-likeness (QED) is 0.792. The maximum atomic E-state index is 11.4. The Hall–Kier alpha value is -0.680. The van der Waals surface area contributed by atoms with Crippen molar-refractivity contribution in [2.45, 2.75) is 13.0 Å². The molecule has 4 nitrogen and oxygen atoms in total. The summed E-state index contributed by atoms with van der Waals surface area (Å²) in [6.45, 7) is 1.60.